The minimum absolute atomic E-state index is 0.0339. The van der Waals surface area contributed by atoms with Gasteiger partial charge in [0.2, 0.25) is 0 Å². The predicted molar refractivity (Wildman–Crippen MR) is 119 cm³/mol. The number of rotatable bonds is 9. The first kappa shape index (κ1) is 22.3. The standard InChI is InChI=1S/C24H33ClN2O/c1-5-8-18-27(19(4)21-16-12-13-17-22(21)25)23(28)26-24(6-2,7-3)20-14-10-9-11-15-20/h9-17,19H,5-8,18H2,1-4H3,(H,26,28). The molecule has 4 heteroatoms. The Balaban J connectivity index is 2.32. The minimum Gasteiger partial charge on any atom is -0.328 e. The Morgan fingerprint density at radius 2 is 1.64 bits per heavy atom. The highest BCUT2D eigenvalue weighted by Gasteiger charge is 2.33. The molecule has 1 N–H and O–H groups in total. The van der Waals surface area contributed by atoms with Crippen LogP contribution in [0.25, 0.3) is 0 Å². The zero-order chi connectivity index (χ0) is 20.6. The van der Waals surface area contributed by atoms with Crippen molar-refractivity contribution < 1.29 is 4.79 Å². The third-order valence-electron chi connectivity index (χ3n) is 5.72. The Labute approximate surface area is 175 Å². The summed E-state index contributed by atoms with van der Waals surface area (Å²) < 4.78 is 0. The lowest BCUT2D eigenvalue weighted by Gasteiger charge is -2.38. The van der Waals surface area contributed by atoms with Gasteiger partial charge in [0.15, 0.2) is 0 Å². The van der Waals surface area contributed by atoms with Crippen molar-refractivity contribution in [2.75, 3.05) is 6.54 Å². The first-order chi connectivity index (χ1) is 13.5. The molecule has 2 aromatic rings. The average Bonchev–Trinajstić information content (AvgIpc) is 2.73. The van der Waals surface area contributed by atoms with Gasteiger partial charge in [-0.15, -0.1) is 0 Å². The van der Waals surface area contributed by atoms with Crippen LogP contribution in [-0.2, 0) is 5.54 Å². The van der Waals surface area contributed by atoms with Gasteiger partial charge < -0.3 is 10.2 Å². The molecule has 0 fully saturated rings. The molecule has 0 aromatic heterocycles. The molecule has 2 rings (SSSR count). The third kappa shape index (κ3) is 5.08. The van der Waals surface area contributed by atoms with E-state index in [0.29, 0.717) is 11.6 Å². The third-order valence-corrected chi connectivity index (χ3v) is 6.06. The van der Waals surface area contributed by atoms with Crippen molar-refractivity contribution in [1.82, 2.24) is 10.2 Å². The lowest BCUT2D eigenvalue weighted by atomic mass is 9.85. The Morgan fingerprint density at radius 1 is 1.04 bits per heavy atom. The van der Waals surface area contributed by atoms with Crippen LogP contribution in [0.4, 0.5) is 4.79 Å². The van der Waals surface area contributed by atoms with E-state index >= 15 is 0 Å². The minimum atomic E-state index is -0.372. The Hall–Kier alpha value is -2.00. The number of unbranched alkanes of at least 4 members (excludes halogenated alkanes) is 1. The van der Waals surface area contributed by atoms with Gasteiger partial charge in [-0.25, -0.2) is 4.79 Å². The molecule has 0 aliphatic rings. The van der Waals surface area contributed by atoms with Gasteiger partial charge in [0, 0.05) is 11.6 Å². The Bertz CT molecular complexity index is 743. The number of halogens is 1. The van der Waals surface area contributed by atoms with Gasteiger partial charge in [-0.2, -0.15) is 0 Å². The van der Waals surface area contributed by atoms with Gasteiger partial charge in [0.05, 0.1) is 11.6 Å². The van der Waals surface area contributed by atoms with Gasteiger partial charge in [-0.1, -0.05) is 87.3 Å². The van der Waals surface area contributed by atoms with E-state index < -0.39 is 0 Å². The normalized spacial score (nSPS) is 12.5. The maximum absolute atomic E-state index is 13.5. The van der Waals surface area contributed by atoms with E-state index in [1.165, 1.54) is 0 Å². The van der Waals surface area contributed by atoms with Crippen LogP contribution in [0, 0.1) is 0 Å². The highest BCUT2D eigenvalue weighted by atomic mass is 35.5. The molecule has 0 heterocycles. The molecule has 0 spiro atoms. The first-order valence-corrected chi connectivity index (χ1v) is 10.8. The number of amides is 2. The molecular weight excluding hydrogens is 368 g/mol. The van der Waals surface area contributed by atoms with Crippen molar-refractivity contribution in [3.8, 4) is 0 Å². The Morgan fingerprint density at radius 3 is 2.21 bits per heavy atom. The molecule has 28 heavy (non-hydrogen) atoms. The van der Waals surface area contributed by atoms with Gasteiger partial charge in [-0.3, -0.25) is 0 Å². The quantitative estimate of drug-likeness (QED) is 0.486. The lowest BCUT2D eigenvalue weighted by molar-refractivity contribution is 0.161. The predicted octanol–water partition coefficient (Wildman–Crippen LogP) is 6.93. The number of carbonyl (C=O) groups excluding carboxylic acids is 1. The highest BCUT2D eigenvalue weighted by Crippen LogP contribution is 2.31. The fraction of sp³-hybridized carbons (Fsp3) is 0.458. The van der Waals surface area contributed by atoms with Crippen molar-refractivity contribution in [2.45, 2.75) is 65.0 Å². The highest BCUT2D eigenvalue weighted by molar-refractivity contribution is 6.31. The molecule has 0 aliphatic carbocycles. The number of urea groups is 1. The summed E-state index contributed by atoms with van der Waals surface area (Å²) >= 11 is 6.43. The number of benzene rings is 2. The summed E-state index contributed by atoms with van der Waals surface area (Å²) in [6.07, 6.45) is 3.66. The summed E-state index contributed by atoms with van der Waals surface area (Å²) in [5.74, 6) is 0. The van der Waals surface area contributed by atoms with Crippen molar-refractivity contribution in [2.24, 2.45) is 0 Å². The van der Waals surface area contributed by atoms with Crippen molar-refractivity contribution in [1.29, 1.82) is 0 Å². The summed E-state index contributed by atoms with van der Waals surface area (Å²) in [4.78, 5) is 15.4. The molecule has 1 atom stereocenters. The van der Waals surface area contributed by atoms with Gasteiger partial charge in [-0.05, 0) is 43.4 Å². The molecule has 0 saturated carbocycles. The number of hydrogen-bond donors (Lipinski definition) is 1. The second-order valence-corrected chi connectivity index (χ2v) is 7.74. The van der Waals surface area contributed by atoms with Gasteiger partial charge >= 0.3 is 6.03 Å². The zero-order valence-corrected chi connectivity index (χ0v) is 18.3. The summed E-state index contributed by atoms with van der Waals surface area (Å²) in [7, 11) is 0. The molecule has 0 saturated heterocycles. The van der Waals surface area contributed by atoms with Crippen LogP contribution < -0.4 is 5.32 Å². The largest absolute Gasteiger partial charge is 0.328 e. The molecular formula is C24H33ClN2O. The van der Waals surface area contributed by atoms with Crippen LogP contribution in [0.1, 0.15) is 70.5 Å². The Kier molecular flexibility index (Phi) is 8.37. The topological polar surface area (TPSA) is 32.3 Å². The van der Waals surface area contributed by atoms with Crippen LogP contribution in [0.3, 0.4) is 0 Å². The SMILES string of the molecule is CCCCN(C(=O)NC(CC)(CC)c1ccccc1)C(C)c1ccccc1Cl. The monoisotopic (exact) mass is 400 g/mol. The molecule has 152 valence electrons. The van der Waals surface area contributed by atoms with E-state index in [1.54, 1.807) is 0 Å². The first-order valence-electron chi connectivity index (χ1n) is 10.4. The smallest absolute Gasteiger partial charge is 0.318 e. The molecule has 3 nitrogen and oxygen atoms in total. The van der Waals surface area contributed by atoms with Crippen LogP contribution in [0.15, 0.2) is 54.6 Å². The van der Waals surface area contributed by atoms with E-state index in [4.69, 9.17) is 11.6 Å². The maximum Gasteiger partial charge on any atom is 0.318 e. The maximum atomic E-state index is 13.5. The van der Waals surface area contributed by atoms with Crippen LogP contribution in [0.5, 0.6) is 0 Å². The van der Waals surface area contributed by atoms with Crippen molar-refractivity contribution in [3.63, 3.8) is 0 Å². The van der Waals surface area contributed by atoms with Gasteiger partial charge in [0.1, 0.15) is 0 Å². The van der Waals surface area contributed by atoms with E-state index in [2.05, 4.69) is 45.1 Å². The number of nitrogens with zero attached hydrogens (tertiary/aromatic N) is 1. The molecule has 2 aromatic carbocycles. The summed E-state index contributed by atoms with van der Waals surface area (Å²) in [6.45, 7) is 9.16. The lowest BCUT2D eigenvalue weighted by Crippen LogP contribution is -2.51. The van der Waals surface area contributed by atoms with E-state index in [1.807, 2.05) is 47.4 Å². The van der Waals surface area contributed by atoms with Crippen LogP contribution >= 0.6 is 11.6 Å². The fourth-order valence-corrected chi connectivity index (χ4v) is 4.02. The van der Waals surface area contributed by atoms with Gasteiger partial charge in [0.25, 0.3) is 0 Å². The molecule has 0 bridgehead atoms. The van der Waals surface area contributed by atoms with E-state index in [9.17, 15) is 4.79 Å². The number of nitrogens with one attached hydrogen (secondary N) is 1. The summed E-state index contributed by atoms with van der Waals surface area (Å²) in [5.41, 5.74) is 1.76. The van der Waals surface area contributed by atoms with Crippen molar-refractivity contribution >= 4 is 17.6 Å². The van der Waals surface area contributed by atoms with Crippen LogP contribution in [-0.4, -0.2) is 17.5 Å². The number of carbonyl (C=O) groups is 1. The number of hydrogen-bond acceptors (Lipinski definition) is 1. The summed E-state index contributed by atoms with van der Waals surface area (Å²) in [5, 5.41) is 4.07. The molecule has 0 radical (unpaired) electrons. The molecule has 1 unspecified atom stereocenters. The fourth-order valence-electron chi connectivity index (χ4n) is 3.72. The second-order valence-electron chi connectivity index (χ2n) is 7.33. The molecule has 0 aliphatic heterocycles. The summed E-state index contributed by atoms with van der Waals surface area (Å²) in [6, 6.07) is 17.9. The van der Waals surface area contributed by atoms with E-state index in [0.717, 1.165) is 36.8 Å². The molecule has 2 amide bonds. The second kappa shape index (κ2) is 10.5. The van der Waals surface area contributed by atoms with E-state index in [-0.39, 0.29) is 17.6 Å². The zero-order valence-electron chi connectivity index (χ0n) is 17.5. The van der Waals surface area contributed by atoms with Crippen molar-refractivity contribution in [3.05, 3.63) is 70.7 Å². The van der Waals surface area contributed by atoms with Crippen LogP contribution in [0.2, 0.25) is 5.02 Å². The average molecular weight is 401 g/mol.